The van der Waals surface area contributed by atoms with Crippen LogP contribution in [0.2, 0.25) is 0 Å². The Morgan fingerprint density at radius 2 is 1.06 bits per heavy atom. The second-order valence-electron chi connectivity index (χ2n) is 13.2. The van der Waals surface area contributed by atoms with E-state index in [4.69, 9.17) is 19.4 Å². The first-order chi connectivity index (χ1) is 23.5. The molecule has 0 atom stereocenters. The molecule has 4 heteroatoms. The summed E-state index contributed by atoms with van der Waals surface area (Å²) in [4.78, 5) is 15.8. The van der Waals surface area contributed by atoms with Gasteiger partial charge in [0.15, 0.2) is 17.5 Å². The van der Waals surface area contributed by atoms with Gasteiger partial charge >= 0.3 is 0 Å². The third-order valence-electron chi connectivity index (χ3n) is 10.1. The Balaban J connectivity index is 1.26. The topological polar surface area (TPSA) is 51.8 Å². The molecule has 2 aromatic heterocycles. The number of rotatable bonds is 3. The van der Waals surface area contributed by atoms with Crippen molar-refractivity contribution in [1.82, 2.24) is 15.0 Å². The summed E-state index contributed by atoms with van der Waals surface area (Å²) in [6, 6.07) is 48.9. The largest absolute Gasteiger partial charge is 0.456 e. The van der Waals surface area contributed by atoms with Crippen molar-refractivity contribution >= 4 is 43.5 Å². The zero-order valence-corrected chi connectivity index (χ0v) is 26.5. The predicted octanol–water partition coefficient (Wildman–Crippen LogP) is 11.4. The maximum atomic E-state index is 6.45. The van der Waals surface area contributed by atoms with Gasteiger partial charge in [-0.1, -0.05) is 129 Å². The molecule has 2 heterocycles. The van der Waals surface area contributed by atoms with Crippen molar-refractivity contribution < 1.29 is 4.42 Å². The van der Waals surface area contributed by atoms with Gasteiger partial charge in [-0.2, -0.15) is 0 Å². The van der Waals surface area contributed by atoms with Gasteiger partial charge in [-0.05, 0) is 68.1 Å². The molecule has 0 amide bonds. The highest BCUT2D eigenvalue weighted by atomic mass is 16.3. The second-order valence-corrected chi connectivity index (χ2v) is 13.2. The first-order valence-corrected chi connectivity index (χ1v) is 16.4. The van der Waals surface area contributed by atoms with Crippen molar-refractivity contribution in [1.29, 1.82) is 0 Å². The minimum absolute atomic E-state index is 0.222. The van der Waals surface area contributed by atoms with Crippen molar-refractivity contribution in [2.45, 2.75) is 19.3 Å². The molecule has 1 aliphatic rings. The number of fused-ring (bicyclic) bond motifs is 8. The Morgan fingerprint density at radius 1 is 0.458 bits per heavy atom. The summed E-state index contributed by atoms with van der Waals surface area (Å²) >= 11 is 0. The number of nitrogens with zero attached hydrogens (tertiary/aromatic N) is 3. The minimum atomic E-state index is -0.222. The van der Waals surface area contributed by atoms with Crippen LogP contribution in [0.3, 0.4) is 0 Å². The molecule has 10 rings (SSSR count). The van der Waals surface area contributed by atoms with Crippen LogP contribution in [0.15, 0.2) is 144 Å². The average molecular weight is 616 g/mol. The smallest absolute Gasteiger partial charge is 0.164 e. The van der Waals surface area contributed by atoms with Crippen molar-refractivity contribution in [3.63, 3.8) is 0 Å². The van der Waals surface area contributed by atoms with E-state index in [0.717, 1.165) is 54.8 Å². The molecule has 7 aromatic carbocycles. The van der Waals surface area contributed by atoms with Gasteiger partial charge in [-0.25, -0.2) is 15.0 Å². The molecule has 226 valence electrons. The minimum Gasteiger partial charge on any atom is -0.456 e. The lowest BCUT2D eigenvalue weighted by molar-refractivity contribution is 0.661. The number of hydrogen-bond acceptors (Lipinski definition) is 4. The molecule has 0 unspecified atom stereocenters. The standard InChI is InChI=1S/C44H29N3O/c1-44(2)36-19-8-7-15-31(36)32-16-9-18-34(40(32)44)43-46-41(30-22-21-26-11-3-4-12-27(26)23-30)45-42(47-43)33-17-10-20-37-39(33)35-24-28-13-5-6-14-29(28)25-38(35)48-37/h3-25H,1-2H3. The molecule has 0 radical (unpaired) electrons. The highest BCUT2D eigenvalue weighted by molar-refractivity contribution is 6.15. The van der Waals surface area contributed by atoms with E-state index in [1.165, 1.54) is 27.6 Å². The van der Waals surface area contributed by atoms with Gasteiger partial charge < -0.3 is 4.42 Å². The summed E-state index contributed by atoms with van der Waals surface area (Å²) in [6.45, 7) is 4.60. The van der Waals surface area contributed by atoms with E-state index in [1.54, 1.807) is 0 Å². The van der Waals surface area contributed by atoms with Gasteiger partial charge in [0.05, 0.1) is 0 Å². The molecule has 0 saturated heterocycles. The van der Waals surface area contributed by atoms with Crippen molar-refractivity contribution in [3.8, 4) is 45.3 Å². The zero-order valence-electron chi connectivity index (χ0n) is 26.5. The first kappa shape index (κ1) is 27.0. The molecular weight excluding hydrogens is 587 g/mol. The van der Waals surface area contributed by atoms with Crippen molar-refractivity contribution in [3.05, 3.63) is 151 Å². The highest BCUT2D eigenvalue weighted by Gasteiger charge is 2.38. The molecule has 0 fully saturated rings. The summed E-state index contributed by atoms with van der Waals surface area (Å²) in [5.74, 6) is 1.92. The fourth-order valence-electron chi connectivity index (χ4n) is 7.81. The maximum Gasteiger partial charge on any atom is 0.164 e. The number of furan rings is 1. The van der Waals surface area contributed by atoms with E-state index in [9.17, 15) is 0 Å². The van der Waals surface area contributed by atoms with E-state index in [1.807, 2.05) is 12.1 Å². The molecule has 9 aromatic rings. The maximum absolute atomic E-state index is 6.45. The predicted molar refractivity (Wildman–Crippen MR) is 196 cm³/mol. The Labute approximate surface area is 277 Å². The lowest BCUT2D eigenvalue weighted by Gasteiger charge is -2.24. The third kappa shape index (κ3) is 3.93. The fraction of sp³-hybridized carbons (Fsp3) is 0.0682. The van der Waals surface area contributed by atoms with E-state index in [2.05, 4.69) is 141 Å². The molecule has 48 heavy (non-hydrogen) atoms. The van der Waals surface area contributed by atoms with E-state index >= 15 is 0 Å². The molecular formula is C44H29N3O. The second kappa shape index (κ2) is 9.93. The summed E-state index contributed by atoms with van der Waals surface area (Å²) in [6.07, 6.45) is 0. The average Bonchev–Trinajstić information content (AvgIpc) is 3.61. The molecule has 0 spiro atoms. The highest BCUT2D eigenvalue weighted by Crippen LogP contribution is 2.52. The lowest BCUT2D eigenvalue weighted by atomic mass is 9.80. The van der Waals surface area contributed by atoms with Gasteiger partial charge in [-0.15, -0.1) is 0 Å². The number of hydrogen-bond donors (Lipinski definition) is 0. The van der Waals surface area contributed by atoms with Crippen LogP contribution >= 0.6 is 0 Å². The van der Waals surface area contributed by atoms with Gasteiger partial charge in [-0.3, -0.25) is 0 Å². The Hall–Kier alpha value is -6.13. The van der Waals surface area contributed by atoms with Crippen LogP contribution in [0.5, 0.6) is 0 Å². The van der Waals surface area contributed by atoms with Gasteiger partial charge in [0, 0.05) is 32.9 Å². The molecule has 1 aliphatic carbocycles. The van der Waals surface area contributed by atoms with E-state index < -0.39 is 0 Å². The quantitative estimate of drug-likeness (QED) is 0.198. The Bertz CT molecular complexity index is 2770. The molecule has 4 nitrogen and oxygen atoms in total. The van der Waals surface area contributed by atoms with Crippen LogP contribution in [-0.4, -0.2) is 15.0 Å². The molecule has 0 bridgehead atoms. The zero-order chi connectivity index (χ0) is 32.0. The molecule has 0 saturated carbocycles. The van der Waals surface area contributed by atoms with Crippen LogP contribution in [0.1, 0.15) is 25.0 Å². The summed E-state index contributed by atoms with van der Waals surface area (Å²) in [5, 5.41) is 6.69. The van der Waals surface area contributed by atoms with Crippen LogP contribution < -0.4 is 0 Å². The van der Waals surface area contributed by atoms with Gasteiger partial charge in [0.2, 0.25) is 0 Å². The first-order valence-electron chi connectivity index (χ1n) is 16.4. The lowest BCUT2D eigenvalue weighted by Crippen LogP contribution is -2.17. The third-order valence-corrected chi connectivity index (χ3v) is 10.1. The number of aromatic nitrogens is 3. The monoisotopic (exact) mass is 615 g/mol. The Morgan fingerprint density at radius 3 is 1.90 bits per heavy atom. The van der Waals surface area contributed by atoms with Crippen LogP contribution in [0.25, 0.3) is 88.8 Å². The van der Waals surface area contributed by atoms with Crippen LogP contribution in [0, 0.1) is 0 Å². The number of benzene rings is 7. The molecule has 0 aliphatic heterocycles. The fourth-order valence-corrected chi connectivity index (χ4v) is 7.81. The summed E-state index contributed by atoms with van der Waals surface area (Å²) in [5.41, 5.74) is 9.39. The Kier molecular flexibility index (Phi) is 5.59. The van der Waals surface area contributed by atoms with Crippen molar-refractivity contribution in [2.75, 3.05) is 0 Å². The summed E-state index contributed by atoms with van der Waals surface area (Å²) in [7, 11) is 0. The van der Waals surface area contributed by atoms with Crippen LogP contribution in [-0.2, 0) is 5.41 Å². The van der Waals surface area contributed by atoms with E-state index in [-0.39, 0.29) is 5.41 Å². The van der Waals surface area contributed by atoms with Crippen molar-refractivity contribution in [2.24, 2.45) is 0 Å². The van der Waals surface area contributed by atoms with Crippen LogP contribution in [0.4, 0.5) is 0 Å². The van der Waals surface area contributed by atoms with Gasteiger partial charge in [0.25, 0.3) is 0 Å². The molecule has 0 N–H and O–H groups in total. The van der Waals surface area contributed by atoms with Gasteiger partial charge in [0.1, 0.15) is 11.2 Å². The van der Waals surface area contributed by atoms with E-state index in [0.29, 0.717) is 17.5 Å². The normalized spacial score (nSPS) is 13.4. The summed E-state index contributed by atoms with van der Waals surface area (Å²) < 4.78 is 6.45. The SMILES string of the molecule is CC1(C)c2ccccc2-c2cccc(-c3nc(-c4ccc5ccccc5c4)nc(-c4cccc5oc6cc7ccccc7cc6c45)n3)c21.